The summed E-state index contributed by atoms with van der Waals surface area (Å²) < 4.78 is 32.1. The Balaban J connectivity index is 1.51. The predicted molar refractivity (Wildman–Crippen MR) is 121 cm³/mol. The predicted octanol–water partition coefficient (Wildman–Crippen LogP) is 4.40. The maximum absolute atomic E-state index is 12.7. The molecule has 0 radical (unpaired) electrons. The smallest absolute Gasteiger partial charge is 0.255 e. The van der Waals surface area contributed by atoms with Crippen molar-refractivity contribution >= 4 is 21.6 Å². The van der Waals surface area contributed by atoms with Gasteiger partial charge < -0.3 is 10.1 Å². The SMILES string of the molecule is COc1ccc(NC(=O)c2cccc(-c3ccc(S(=O)(=O)N4CCCC4)cc3)c2)cc1. The zero-order chi connectivity index (χ0) is 21.8. The molecular weight excluding hydrogens is 412 g/mol. The summed E-state index contributed by atoms with van der Waals surface area (Å²) >= 11 is 0. The molecule has 0 saturated carbocycles. The molecule has 3 aromatic rings. The molecule has 0 spiro atoms. The van der Waals surface area contributed by atoms with Crippen LogP contribution in [0.25, 0.3) is 11.1 Å². The largest absolute Gasteiger partial charge is 0.497 e. The molecule has 31 heavy (non-hydrogen) atoms. The van der Waals surface area contributed by atoms with E-state index >= 15 is 0 Å². The third kappa shape index (κ3) is 4.62. The standard InChI is InChI=1S/C24H24N2O4S/c1-30-22-11-9-21(10-12-22)25-24(27)20-6-4-5-19(17-20)18-7-13-23(14-8-18)31(28,29)26-15-2-3-16-26/h4-14,17H,2-3,15-16H2,1H3,(H,25,27). The van der Waals surface area contributed by atoms with E-state index in [4.69, 9.17) is 4.74 Å². The molecule has 0 bridgehead atoms. The number of ether oxygens (including phenoxy) is 1. The average molecular weight is 437 g/mol. The maximum Gasteiger partial charge on any atom is 0.255 e. The van der Waals surface area contributed by atoms with Crippen LogP contribution in [0.3, 0.4) is 0 Å². The highest BCUT2D eigenvalue weighted by molar-refractivity contribution is 7.89. The number of amides is 1. The molecule has 1 aliphatic heterocycles. The van der Waals surface area contributed by atoms with Crippen molar-refractivity contribution in [2.75, 3.05) is 25.5 Å². The highest BCUT2D eigenvalue weighted by atomic mass is 32.2. The Kier molecular flexibility index (Phi) is 6.06. The highest BCUT2D eigenvalue weighted by Gasteiger charge is 2.26. The summed E-state index contributed by atoms with van der Waals surface area (Å²) in [5.41, 5.74) is 2.88. The fraction of sp³-hybridized carbons (Fsp3) is 0.208. The van der Waals surface area contributed by atoms with Crippen LogP contribution in [0.2, 0.25) is 0 Å². The van der Waals surface area contributed by atoms with Crippen LogP contribution in [0.4, 0.5) is 5.69 Å². The van der Waals surface area contributed by atoms with E-state index in [0.717, 1.165) is 29.7 Å². The summed E-state index contributed by atoms with van der Waals surface area (Å²) in [6.45, 7) is 1.16. The van der Waals surface area contributed by atoms with Crippen molar-refractivity contribution in [2.45, 2.75) is 17.7 Å². The molecule has 0 aromatic heterocycles. The summed E-state index contributed by atoms with van der Waals surface area (Å²) in [6, 6.07) is 21.2. The van der Waals surface area contributed by atoms with E-state index in [9.17, 15) is 13.2 Å². The van der Waals surface area contributed by atoms with E-state index in [2.05, 4.69) is 5.32 Å². The Bertz CT molecular complexity index is 1170. The zero-order valence-electron chi connectivity index (χ0n) is 17.2. The Morgan fingerprint density at radius 1 is 0.903 bits per heavy atom. The lowest BCUT2D eigenvalue weighted by Crippen LogP contribution is -2.27. The molecule has 0 unspecified atom stereocenters. The summed E-state index contributed by atoms with van der Waals surface area (Å²) in [5.74, 6) is 0.496. The van der Waals surface area contributed by atoms with Crippen LogP contribution in [0.1, 0.15) is 23.2 Å². The molecule has 0 atom stereocenters. The van der Waals surface area contributed by atoms with E-state index < -0.39 is 10.0 Å². The number of carbonyl (C=O) groups excluding carboxylic acids is 1. The molecule has 1 heterocycles. The van der Waals surface area contributed by atoms with Crippen LogP contribution in [-0.2, 0) is 10.0 Å². The van der Waals surface area contributed by atoms with E-state index in [0.29, 0.717) is 29.2 Å². The molecule has 1 N–H and O–H groups in total. The lowest BCUT2D eigenvalue weighted by molar-refractivity contribution is 0.102. The van der Waals surface area contributed by atoms with Crippen LogP contribution in [0.5, 0.6) is 5.75 Å². The molecular formula is C24H24N2O4S. The molecule has 3 aromatic carbocycles. The van der Waals surface area contributed by atoms with Crippen molar-refractivity contribution in [1.29, 1.82) is 0 Å². The van der Waals surface area contributed by atoms with Gasteiger partial charge in [-0.15, -0.1) is 0 Å². The van der Waals surface area contributed by atoms with Gasteiger partial charge >= 0.3 is 0 Å². The number of nitrogens with one attached hydrogen (secondary N) is 1. The number of benzene rings is 3. The molecule has 7 heteroatoms. The number of sulfonamides is 1. The highest BCUT2D eigenvalue weighted by Crippen LogP contribution is 2.26. The van der Waals surface area contributed by atoms with E-state index in [1.807, 2.05) is 12.1 Å². The molecule has 160 valence electrons. The van der Waals surface area contributed by atoms with Crippen molar-refractivity contribution in [1.82, 2.24) is 4.31 Å². The van der Waals surface area contributed by atoms with Gasteiger partial charge in [-0.25, -0.2) is 8.42 Å². The van der Waals surface area contributed by atoms with Crippen molar-refractivity contribution in [3.63, 3.8) is 0 Å². The number of nitrogens with zero attached hydrogens (tertiary/aromatic N) is 1. The second kappa shape index (κ2) is 8.91. The van der Waals surface area contributed by atoms with Crippen molar-refractivity contribution in [3.05, 3.63) is 78.4 Å². The average Bonchev–Trinajstić information content (AvgIpc) is 3.36. The first kappa shape index (κ1) is 21.1. The van der Waals surface area contributed by atoms with Crippen molar-refractivity contribution in [2.24, 2.45) is 0 Å². The molecule has 0 aliphatic carbocycles. The lowest BCUT2D eigenvalue weighted by Gasteiger charge is -2.15. The first-order chi connectivity index (χ1) is 15.0. The minimum atomic E-state index is -3.44. The van der Waals surface area contributed by atoms with Crippen molar-refractivity contribution in [3.8, 4) is 16.9 Å². The Morgan fingerprint density at radius 3 is 2.23 bits per heavy atom. The number of rotatable bonds is 6. The van der Waals surface area contributed by atoms with E-state index in [1.54, 1.807) is 67.8 Å². The zero-order valence-corrected chi connectivity index (χ0v) is 18.1. The van der Waals surface area contributed by atoms with Gasteiger partial charge in [-0.2, -0.15) is 4.31 Å². The van der Waals surface area contributed by atoms with Crippen LogP contribution in [0, 0.1) is 0 Å². The Hall–Kier alpha value is -3.16. The minimum Gasteiger partial charge on any atom is -0.497 e. The number of methoxy groups -OCH3 is 1. The fourth-order valence-corrected chi connectivity index (χ4v) is 5.13. The van der Waals surface area contributed by atoms with Gasteiger partial charge in [0.15, 0.2) is 0 Å². The Morgan fingerprint density at radius 2 is 1.58 bits per heavy atom. The third-order valence-corrected chi connectivity index (χ3v) is 7.28. The molecule has 1 fully saturated rings. The van der Waals surface area contributed by atoms with Gasteiger partial charge in [-0.1, -0.05) is 24.3 Å². The van der Waals surface area contributed by atoms with Gasteiger partial charge in [0.05, 0.1) is 12.0 Å². The number of carbonyl (C=O) groups is 1. The fourth-order valence-electron chi connectivity index (χ4n) is 3.61. The first-order valence-electron chi connectivity index (χ1n) is 10.1. The minimum absolute atomic E-state index is 0.222. The topological polar surface area (TPSA) is 75.7 Å². The second-order valence-electron chi connectivity index (χ2n) is 7.40. The number of anilines is 1. The summed E-state index contributed by atoms with van der Waals surface area (Å²) in [4.78, 5) is 13.0. The monoisotopic (exact) mass is 436 g/mol. The van der Waals surface area contributed by atoms with Crippen LogP contribution < -0.4 is 10.1 Å². The van der Waals surface area contributed by atoms with Gasteiger partial charge in [0, 0.05) is 24.3 Å². The number of hydrogen-bond donors (Lipinski definition) is 1. The van der Waals surface area contributed by atoms with Gasteiger partial charge in [0.2, 0.25) is 10.0 Å². The van der Waals surface area contributed by atoms with E-state index in [-0.39, 0.29) is 5.91 Å². The number of hydrogen-bond acceptors (Lipinski definition) is 4. The molecule has 1 saturated heterocycles. The third-order valence-electron chi connectivity index (χ3n) is 5.36. The van der Waals surface area contributed by atoms with E-state index in [1.165, 1.54) is 4.31 Å². The lowest BCUT2D eigenvalue weighted by atomic mass is 10.0. The van der Waals surface area contributed by atoms with Gasteiger partial charge in [0.1, 0.15) is 5.75 Å². The molecule has 1 amide bonds. The summed E-state index contributed by atoms with van der Waals surface area (Å²) in [7, 11) is -1.85. The van der Waals surface area contributed by atoms with Gasteiger partial charge in [0.25, 0.3) is 5.91 Å². The maximum atomic E-state index is 12.7. The molecule has 6 nitrogen and oxygen atoms in total. The van der Waals surface area contributed by atoms with Gasteiger partial charge in [-0.3, -0.25) is 4.79 Å². The van der Waals surface area contributed by atoms with Crippen LogP contribution in [-0.4, -0.2) is 38.8 Å². The normalized spacial score (nSPS) is 14.4. The quantitative estimate of drug-likeness (QED) is 0.621. The molecule has 1 aliphatic rings. The first-order valence-corrected chi connectivity index (χ1v) is 11.6. The Labute approximate surface area is 182 Å². The summed E-state index contributed by atoms with van der Waals surface area (Å²) in [6.07, 6.45) is 1.81. The van der Waals surface area contributed by atoms with Gasteiger partial charge in [-0.05, 0) is 72.5 Å². The van der Waals surface area contributed by atoms with Crippen LogP contribution >= 0.6 is 0 Å². The summed E-state index contributed by atoms with van der Waals surface area (Å²) in [5, 5.41) is 2.87. The molecule has 4 rings (SSSR count). The van der Waals surface area contributed by atoms with Crippen molar-refractivity contribution < 1.29 is 17.9 Å². The van der Waals surface area contributed by atoms with Crippen LogP contribution in [0.15, 0.2) is 77.7 Å². The second-order valence-corrected chi connectivity index (χ2v) is 9.34.